The summed E-state index contributed by atoms with van der Waals surface area (Å²) in [5.41, 5.74) is 1.10. The van der Waals surface area contributed by atoms with E-state index >= 15 is 0 Å². The lowest BCUT2D eigenvalue weighted by Gasteiger charge is -2.24. The lowest BCUT2D eigenvalue weighted by Crippen LogP contribution is -2.43. The monoisotopic (exact) mass is 388 g/mol. The molecule has 5 nitrogen and oxygen atoms in total. The average molecular weight is 389 g/mol. The number of benzene rings is 1. The molecule has 0 aliphatic rings. The molecule has 0 bridgehead atoms. The smallest absolute Gasteiger partial charge is 0.216 e. The van der Waals surface area contributed by atoms with E-state index < -0.39 is 0 Å². The highest BCUT2D eigenvalue weighted by Crippen LogP contribution is 2.19. The van der Waals surface area contributed by atoms with Crippen LogP contribution in [-0.4, -0.2) is 36.1 Å². The number of rotatable bonds is 13. The van der Waals surface area contributed by atoms with E-state index in [9.17, 15) is 14.4 Å². The first-order valence-corrected chi connectivity index (χ1v) is 10.3. The Morgan fingerprint density at radius 2 is 1.64 bits per heavy atom. The van der Waals surface area contributed by atoms with Gasteiger partial charge in [0, 0.05) is 37.8 Å². The molecule has 2 N–H and O–H groups in total. The number of carbonyl (C=O) groups is 3. The van der Waals surface area contributed by atoms with Crippen molar-refractivity contribution in [1.29, 1.82) is 0 Å². The number of nitrogens with one attached hydrogen (secondary N) is 2. The lowest BCUT2D eigenvalue weighted by molar-refractivity contribution is -0.131. The highest BCUT2D eigenvalue weighted by molar-refractivity contribution is 5.91. The molecule has 156 valence electrons. The summed E-state index contributed by atoms with van der Waals surface area (Å²) in [7, 11) is 0. The van der Waals surface area contributed by atoms with Crippen LogP contribution >= 0.6 is 0 Å². The first kappa shape index (κ1) is 24.0. The van der Waals surface area contributed by atoms with Crippen molar-refractivity contribution in [2.75, 3.05) is 6.54 Å². The summed E-state index contributed by atoms with van der Waals surface area (Å²) in [6.07, 6.45) is 2.17. The van der Waals surface area contributed by atoms with Crippen LogP contribution in [0.1, 0.15) is 59.4 Å². The first-order valence-electron chi connectivity index (χ1n) is 10.3. The molecule has 1 amide bonds. The zero-order valence-electron chi connectivity index (χ0n) is 18.0. The van der Waals surface area contributed by atoms with E-state index in [0.29, 0.717) is 25.8 Å². The van der Waals surface area contributed by atoms with Gasteiger partial charge in [0.1, 0.15) is 5.78 Å². The van der Waals surface area contributed by atoms with Crippen molar-refractivity contribution < 1.29 is 14.4 Å². The third kappa shape index (κ3) is 9.27. The van der Waals surface area contributed by atoms with E-state index in [1.807, 2.05) is 58.0 Å². The molecule has 0 saturated heterocycles. The summed E-state index contributed by atoms with van der Waals surface area (Å²) in [5, 5.41) is 6.12. The molecule has 0 aliphatic carbocycles. The summed E-state index contributed by atoms with van der Waals surface area (Å²) in [5.74, 6) is -0.278. The Labute approximate surface area is 169 Å². The van der Waals surface area contributed by atoms with Gasteiger partial charge in [0.15, 0.2) is 5.78 Å². The Morgan fingerprint density at radius 1 is 1.00 bits per heavy atom. The third-order valence-corrected chi connectivity index (χ3v) is 4.73. The average Bonchev–Trinajstić information content (AvgIpc) is 2.63. The van der Waals surface area contributed by atoms with E-state index in [0.717, 1.165) is 5.56 Å². The standard InChI is InChI=1S/C23H36N2O3/c1-16(2)23(28)20(12-9-13-24-18(5)26)15-22(27)21(25-17(3)4)14-19-10-7-6-8-11-19/h6-8,10-11,16-17,20-21,25H,9,12-15H2,1-5H3,(H,24,26). The molecule has 0 fully saturated rings. The van der Waals surface area contributed by atoms with Gasteiger partial charge in [-0.05, 0) is 24.8 Å². The summed E-state index contributed by atoms with van der Waals surface area (Å²) < 4.78 is 0. The molecule has 0 aliphatic heterocycles. The Balaban J connectivity index is 2.81. The minimum absolute atomic E-state index is 0.0770. The fourth-order valence-electron chi connectivity index (χ4n) is 3.33. The largest absolute Gasteiger partial charge is 0.356 e. The van der Waals surface area contributed by atoms with Gasteiger partial charge in [-0.1, -0.05) is 58.0 Å². The van der Waals surface area contributed by atoms with E-state index in [1.54, 1.807) is 0 Å². The van der Waals surface area contributed by atoms with Crippen molar-refractivity contribution in [1.82, 2.24) is 10.6 Å². The Bertz CT molecular complexity index is 626. The van der Waals surface area contributed by atoms with Gasteiger partial charge in [-0.15, -0.1) is 0 Å². The van der Waals surface area contributed by atoms with Crippen LogP contribution in [0.4, 0.5) is 0 Å². The van der Waals surface area contributed by atoms with Crippen molar-refractivity contribution in [2.24, 2.45) is 11.8 Å². The quantitative estimate of drug-likeness (QED) is 0.508. The predicted octanol–water partition coefficient (Wildman–Crippen LogP) is 3.31. The maximum atomic E-state index is 13.1. The topological polar surface area (TPSA) is 75.3 Å². The van der Waals surface area contributed by atoms with Crippen LogP contribution in [0.3, 0.4) is 0 Å². The number of carbonyl (C=O) groups excluding carboxylic acids is 3. The lowest BCUT2D eigenvalue weighted by atomic mass is 9.85. The molecular weight excluding hydrogens is 352 g/mol. The van der Waals surface area contributed by atoms with Crippen LogP contribution in [0.2, 0.25) is 0 Å². The van der Waals surface area contributed by atoms with Crippen LogP contribution in [-0.2, 0) is 20.8 Å². The Kier molecular flexibility index (Phi) is 10.7. The molecule has 2 atom stereocenters. The summed E-state index contributed by atoms with van der Waals surface area (Å²) in [6.45, 7) is 9.81. The third-order valence-electron chi connectivity index (χ3n) is 4.73. The van der Waals surface area contributed by atoms with Gasteiger partial charge in [-0.3, -0.25) is 14.4 Å². The predicted molar refractivity (Wildman–Crippen MR) is 113 cm³/mol. The molecule has 0 heterocycles. The fourth-order valence-corrected chi connectivity index (χ4v) is 3.33. The van der Waals surface area contributed by atoms with Crippen LogP contribution < -0.4 is 10.6 Å². The number of Topliss-reactive ketones (excluding diaryl/α,β-unsaturated/α-hetero) is 2. The molecule has 2 unspecified atom stereocenters. The molecular formula is C23H36N2O3. The second-order valence-corrected chi connectivity index (χ2v) is 8.11. The second-order valence-electron chi connectivity index (χ2n) is 8.11. The summed E-state index contributed by atoms with van der Waals surface area (Å²) in [6, 6.07) is 9.82. The van der Waals surface area contributed by atoms with Gasteiger partial charge in [-0.2, -0.15) is 0 Å². The minimum atomic E-state index is -0.305. The van der Waals surface area contributed by atoms with E-state index in [2.05, 4.69) is 10.6 Å². The van der Waals surface area contributed by atoms with Gasteiger partial charge >= 0.3 is 0 Å². The van der Waals surface area contributed by atoms with Crippen LogP contribution in [0, 0.1) is 11.8 Å². The molecule has 0 radical (unpaired) electrons. The van der Waals surface area contributed by atoms with Crippen molar-refractivity contribution in [2.45, 2.75) is 72.4 Å². The number of ketones is 2. The van der Waals surface area contributed by atoms with Crippen molar-refractivity contribution >= 4 is 17.5 Å². The number of hydrogen-bond acceptors (Lipinski definition) is 4. The first-order chi connectivity index (χ1) is 13.2. The van der Waals surface area contributed by atoms with Gasteiger partial charge in [0.25, 0.3) is 0 Å². The van der Waals surface area contributed by atoms with E-state index in [4.69, 9.17) is 0 Å². The van der Waals surface area contributed by atoms with E-state index in [1.165, 1.54) is 6.92 Å². The maximum Gasteiger partial charge on any atom is 0.216 e. The highest BCUT2D eigenvalue weighted by atomic mass is 16.1. The van der Waals surface area contributed by atoms with Crippen LogP contribution in [0.25, 0.3) is 0 Å². The second kappa shape index (κ2) is 12.4. The molecule has 0 aromatic heterocycles. The summed E-state index contributed by atoms with van der Waals surface area (Å²) >= 11 is 0. The number of amides is 1. The van der Waals surface area contributed by atoms with Gasteiger partial charge < -0.3 is 10.6 Å². The molecule has 5 heteroatoms. The zero-order valence-corrected chi connectivity index (χ0v) is 18.0. The molecule has 0 spiro atoms. The Hall–Kier alpha value is -2.01. The molecule has 28 heavy (non-hydrogen) atoms. The van der Waals surface area contributed by atoms with Crippen molar-refractivity contribution in [3.05, 3.63) is 35.9 Å². The van der Waals surface area contributed by atoms with Crippen LogP contribution in [0.5, 0.6) is 0 Å². The normalized spacial score (nSPS) is 13.4. The molecule has 1 aromatic rings. The van der Waals surface area contributed by atoms with Gasteiger partial charge in [0.05, 0.1) is 6.04 Å². The van der Waals surface area contributed by atoms with Gasteiger partial charge in [0.2, 0.25) is 5.91 Å². The maximum absolute atomic E-state index is 13.1. The minimum Gasteiger partial charge on any atom is -0.356 e. The Morgan fingerprint density at radius 3 is 2.18 bits per heavy atom. The zero-order chi connectivity index (χ0) is 21.1. The van der Waals surface area contributed by atoms with Crippen molar-refractivity contribution in [3.63, 3.8) is 0 Å². The molecule has 1 aromatic carbocycles. The number of hydrogen-bond donors (Lipinski definition) is 2. The molecule has 0 saturated carbocycles. The highest BCUT2D eigenvalue weighted by Gasteiger charge is 2.28. The molecule has 1 rings (SSSR count). The van der Waals surface area contributed by atoms with Crippen molar-refractivity contribution in [3.8, 4) is 0 Å². The fraction of sp³-hybridized carbons (Fsp3) is 0.609. The van der Waals surface area contributed by atoms with Gasteiger partial charge in [-0.25, -0.2) is 0 Å². The van der Waals surface area contributed by atoms with E-state index in [-0.39, 0.29) is 47.8 Å². The van der Waals surface area contributed by atoms with Crippen LogP contribution in [0.15, 0.2) is 30.3 Å². The SMILES string of the molecule is CC(=O)NCCCC(CC(=O)C(Cc1ccccc1)NC(C)C)C(=O)C(C)C. The summed E-state index contributed by atoms with van der Waals surface area (Å²) in [4.78, 5) is 36.8.